The molecule has 1 saturated heterocycles. The van der Waals surface area contributed by atoms with E-state index in [-0.39, 0.29) is 18.0 Å². The fourth-order valence-corrected chi connectivity index (χ4v) is 3.46. The average Bonchev–Trinajstić information content (AvgIpc) is 2.81. The Morgan fingerprint density at radius 1 is 0.968 bits per heavy atom. The summed E-state index contributed by atoms with van der Waals surface area (Å²) in [5.41, 5.74) is 2.55. The van der Waals surface area contributed by atoms with Crippen molar-refractivity contribution in [3.63, 3.8) is 0 Å². The fourth-order valence-electron chi connectivity index (χ4n) is 3.46. The molecular weight excluding hydrogens is 390 g/mol. The molecule has 1 aliphatic rings. The van der Waals surface area contributed by atoms with Gasteiger partial charge in [0.05, 0.1) is 0 Å². The number of hydrogen-bond acceptors (Lipinski definition) is 4. The monoisotopic (exact) mass is 423 g/mol. The number of nitrogens with zero attached hydrogens (tertiary/aromatic N) is 3. The molecule has 2 heterocycles. The summed E-state index contributed by atoms with van der Waals surface area (Å²) < 4.78 is 0. The smallest absolute Gasteiger partial charge is 0.315 e. The first-order chi connectivity index (χ1) is 14.9. The predicted molar refractivity (Wildman–Crippen MR) is 123 cm³/mol. The maximum atomic E-state index is 12.3. The molecule has 31 heavy (non-hydrogen) atoms. The van der Waals surface area contributed by atoms with Crippen LogP contribution in [-0.4, -0.2) is 48.0 Å². The van der Waals surface area contributed by atoms with Crippen molar-refractivity contribution in [3.05, 3.63) is 59.3 Å². The topological polar surface area (TPSA) is 77.6 Å². The minimum atomic E-state index is -0.236. The van der Waals surface area contributed by atoms with Gasteiger partial charge in [-0.2, -0.15) is 0 Å². The Morgan fingerprint density at radius 3 is 2.16 bits per heavy atom. The van der Waals surface area contributed by atoms with E-state index in [1.54, 1.807) is 24.1 Å². The van der Waals surface area contributed by atoms with Crippen LogP contribution in [0, 0.1) is 0 Å². The third kappa shape index (κ3) is 6.44. The molecule has 0 saturated carbocycles. The minimum absolute atomic E-state index is 0.00725. The number of amides is 3. The lowest BCUT2D eigenvalue weighted by atomic mass is 10.1. The molecule has 0 atom stereocenters. The van der Waals surface area contributed by atoms with Crippen molar-refractivity contribution in [2.24, 2.45) is 0 Å². The molecule has 2 aromatic rings. The van der Waals surface area contributed by atoms with E-state index >= 15 is 0 Å². The molecule has 7 heteroatoms. The second kappa shape index (κ2) is 10.8. The number of pyridine rings is 1. The Morgan fingerprint density at radius 2 is 1.58 bits per heavy atom. The summed E-state index contributed by atoms with van der Waals surface area (Å²) in [7, 11) is 1.80. The van der Waals surface area contributed by atoms with Crippen LogP contribution in [-0.2, 0) is 13.1 Å². The first-order valence-electron chi connectivity index (χ1n) is 11.0. The van der Waals surface area contributed by atoms with Gasteiger partial charge in [0.15, 0.2) is 0 Å². The maximum absolute atomic E-state index is 12.3. The Balaban J connectivity index is 1.42. The van der Waals surface area contributed by atoms with E-state index in [2.05, 4.69) is 20.5 Å². The minimum Gasteiger partial charge on any atom is -0.357 e. The van der Waals surface area contributed by atoms with Crippen LogP contribution < -0.4 is 15.5 Å². The third-order valence-electron chi connectivity index (χ3n) is 5.69. The number of nitrogens with one attached hydrogen (secondary N) is 2. The van der Waals surface area contributed by atoms with Crippen LogP contribution in [0.1, 0.15) is 54.6 Å². The van der Waals surface area contributed by atoms with Gasteiger partial charge in [-0.25, -0.2) is 9.78 Å². The van der Waals surface area contributed by atoms with E-state index in [0.717, 1.165) is 30.0 Å². The zero-order chi connectivity index (χ0) is 22.2. The highest BCUT2D eigenvalue weighted by atomic mass is 16.2. The molecule has 1 aromatic carbocycles. The summed E-state index contributed by atoms with van der Waals surface area (Å²) in [5, 5.41) is 5.71. The molecule has 166 valence electrons. The van der Waals surface area contributed by atoms with E-state index in [1.165, 1.54) is 19.3 Å². The van der Waals surface area contributed by atoms with Crippen LogP contribution in [0.3, 0.4) is 0 Å². The lowest BCUT2D eigenvalue weighted by Gasteiger charge is -2.27. The third-order valence-corrected chi connectivity index (χ3v) is 5.69. The molecule has 1 aromatic heterocycles. The molecule has 2 N–H and O–H groups in total. The molecule has 1 aliphatic heterocycles. The Labute approximate surface area is 184 Å². The molecule has 0 spiro atoms. The summed E-state index contributed by atoms with van der Waals surface area (Å²) >= 11 is 0. The van der Waals surface area contributed by atoms with Crippen LogP contribution in [0.5, 0.6) is 0 Å². The van der Waals surface area contributed by atoms with Gasteiger partial charge in [-0.15, -0.1) is 0 Å². The summed E-state index contributed by atoms with van der Waals surface area (Å²) in [6, 6.07) is 11.3. The summed E-state index contributed by atoms with van der Waals surface area (Å²) in [5.74, 6) is 1.00. The number of benzene rings is 1. The highest BCUT2D eigenvalue weighted by Gasteiger charge is 2.14. The number of rotatable bonds is 7. The molecule has 3 rings (SSSR count). The van der Waals surface area contributed by atoms with Crippen molar-refractivity contribution in [2.45, 2.75) is 52.2 Å². The predicted octanol–water partition coefficient (Wildman–Crippen LogP) is 3.55. The standard InChI is InChI=1S/C24H33N5O2/c1-18(2)28(3)23(30)21-10-7-19(8-11-21)15-26-24(31)27-17-20-9-12-22(25-16-20)29-13-5-4-6-14-29/h7-12,16,18H,4-6,13-15,17H2,1-3H3,(H2,26,27,31). The molecule has 3 amide bonds. The lowest BCUT2D eigenvalue weighted by molar-refractivity contribution is 0.0755. The van der Waals surface area contributed by atoms with Gasteiger partial charge in [0.2, 0.25) is 0 Å². The number of carbonyl (C=O) groups excluding carboxylic acids is 2. The van der Waals surface area contributed by atoms with E-state index in [9.17, 15) is 9.59 Å². The Hall–Kier alpha value is -3.09. The van der Waals surface area contributed by atoms with E-state index < -0.39 is 0 Å². The van der Waals surface area contributed by atoms with Gasteiger partial charge in [0.1, 0.15) is 5.82 Å². The van der Waals surface area contributed by atoms with Crippen molar-refractivity contribution in [3.8, 4) is 0 Å². The highest BCUT2D eigenvalue weighted by molar-refractivity contribution is 5.94. The average molecular weight is 424 g/mol. The summed E-state index contributed by atoms with van der Waals surface area (Å²) in [6.07, 6.45) is 5.57. The van der Waals surface area contributed by atoms with Gasteiger partial charge >= 0.3 is 6.03 Å². The number of urea groups is 1. The van der Waals surface area contributed by atoms with Crippen LogP contribution in [0.15, 0.2) is 42.6 Å². The zero-order valence-corrected chi connectivity index (χ0v) is 18.7. The van der Waals surface area contributed by atoms with Crippen molar-refractivity contribution >= 4 is 17.8 Å². The van der Waals surface area contributed by atoms with Gasteiger partial charge in [-0.05, 0) is 62.4 Å². The molecule has 0 bridgehead atoms. The molecule has 1 fully saturated rings. The van der Waals surface area contributed by atoms with Gasteiger partial charge in [0, 0.05) is 51.0 Å². The maximum Gasteiger partial charge on any atom is 0.315 e. The van der Waals surface area contributed by atoms with Crippen molar-refractivity contribution in [1.29, 1.82) is 0 Å². The van der Waals surface area contributed by atoms with E-state index in [4.69, 9.17) is 0 Å². The van der Waals surface area contributed by atoms with Crippen molar-refractivity contribution in [1.82, 2.24) is 20.5 Å². The van der Waals surface area contributed by atoms with Crippen LogP contribution in [0.4, 0.5) is 10.6 Å². The summed E-state index contributed by atoms with van der Waals surface area (Å²) in [6.45, 7) is 6.91. The van der Waals surface area contributed by atoms with Crippen LogP contribution in [0.2, 0.25) is 0 Å². The normalized spacial score (nSPS) is 13.7. The SMILES string of the molecule is CC(C)N(C)C(=O)c1ccc(CNC(=O)NCc2ccc(N3CCCCC3)nc2)cc1. The molecule has 0 aliphatic carbocycles. The molecule has 0 unspecified atom stereocenters. The number of hydrogen-bond donors (Lipinski definition) is 2. The Bertz CT molecular complexity index is 859. The molecule has 7 nitrogen and oxygen atoms in total. The summed E-state index contributed by atoms with van der Waals surface area (Å²) in [4.78, 5) is 33.0. The Kier molecular flexibility index (Phi) is 7.87. The van der Waals surface area contributed by atoms with E-state index in [0.29, 0.717) is 18.7 Å². The highest BCUT2D eigenvalue weighted by Crippen LogP contribution is 2.17. The van der Waals surface area contributed by atoms with Crippen molar-refractivity contribution < 1.29 is 9.59 Å². The van der Waals surface area contributed by atoms with Crippen LogP contribution >= 0.6 is 0 Å². The van der Waals surface area contributed by atoms with E-state index in [1.807, 2.05) is 44.3 Å². The quantitative estimate of drug-likeness (QED) is 0.714. The fraction of sp³-hybridized carbons (Fsp3) is 0.458. The largest absolute Gasteiger partial charge is 0.357 e. The number of carbonyl (C=O) groups is 2. The van der Waals surface area contributed by atoms with Gasteiger partial charge in [-0.3, -0.25) is 4.79 Å². The van der Waals surface area contributed by atoms with Gasteiger partial charge in [-0.1, -0.05) is 18.2 Å². The second-order valence-electron chi connectivity index (χ2n) is 8.32. The van der Waals surface area contributed by atoms with Crippen LogP contribution in [0.25, 0.3) is 0 Å². The van der Waals surface area contributed by atoms with Gasteiger partial charge in [0.25, 0.3) is 5.91 Å². The molecule has 0 radical (unpaired) electrons. The first kappa shape index (κ1) is 22.6. The van der Waals surface area contributed by atoms with Crippen molar-refractivity contribution in [2.75, 3.05) is 25.0 Å². The first-order valence-corrected chi connectivity index (χ1v) is 11.0. The lowest BCUT2D eigenvalue weighted by Crippen LogP contribution is -2.34. The van der Waals surface area contributed by atoms with Gasteiger partial charge < -0.3 is 20.4 Å². The number of anilines is 1. The number of piperidine rings is 1. The zero-order valence-electron chi connectivity index (χ0n) is 18.7. The second-order valence-corrected chi connectivity index (χ2v) is 8.32. The number of aromatic nitrogens is 1. The molecular formula is C24H33N5O2.